The molecule has 3 aromatic carbocycles. The van der Waals surface area contributed by atoms with Crippen LogP contribution in [0, 0.1) is 6.92 Å². The molecule has 5 aromatic rings. The van der Waals surface area contributed by atoms with Crippen molar-refractivity contribution in [2.75, 3.05) is 12.4 Å². The molecule has 34 heavy (non-hydrogen) atoms. The van der Waals surface area contributed by atoms with Crippen molar-refractivity contribution in [3.05, 3.63) is 96.5 Å². The number of nitrogens with one attached hydrogen (secondary N) is 1. The second-order valence-corrected chi connectivity index (χ2v) is 8.19. The molecule has 0 spiro atoms. The lowest BCUT2D eigenvalue weighted by atomic mass is 9.94. The molecule has 0 saturated heterocycles. The zero-order chi connectivity index (χ0) is 23.7. The number of carbonyl (C=O) groups is 1. The molecular weight excluding hydrogens is 424 g/mol. The number of hydrogen-bond donors (Lipinski definition) is 1. The summed E-state index contributed by atoms with van der Waals surface area (Å²) in [6, 6.07) is 20.2. The molecule has 5 heteroatoms. The van der Waals surface area contributed by atoms with Gasteiger partial charge in [0, 0.05) is 34.3 Å². The summed E-state index contributed by atoms with van der Waals surface area (Å²) in [7, 11) is 1.63. The molecule has 0 saturated carbocycles. The van der Waals surface area contributed by atoms with Gasteiger partial charge in [0.15, 0.2) is 0 Å². The first-order valence-electron chi connectivity index (χ1n) is 11.0. The third-order valence-electron chi connectivity index (χ3n) is 6.03. The Morgan fingerprint density at radius 1 is 1.03 bits per heavy atom. The van der Waals surface area contributed by atoms with Crippen molar-refractivity contribution >= 4 is 38.9 Å². The maximum Gasteiger partial charge on any atom is 0.248 e. The van der Waals surface area contributed by atoms with Gasteiger partial charge >= 0.3 is 0 Å². The summed E-state index contributed by atoms with van der Waals surface area (Å²) < 4.78 is 11.8. The van der Waals surface area contributed by atoms with Crippen molar-refractivity contribution in [2.24, 2.45) is 0 Å². The molecule has 168 valence electrons. The first-order valence-corrected chi connectivity index (χ1v) is 11.0. The van der Waals surface area contributed by atoms with Crippen LogP contribution in [0.1, 0.15) is 18.1 Å². The number of benzene rings is 3. The highest BCUT2D eigenvalue weighted by Gasteiger charge is 2.19. The van der Waals surface area contributed by atoms with E-state index in [1.807, 2.05) is 32.0 Å². The van der Waals surface area contributed by atoms with Crippen LogP contribution in [-0.4, -0.2) is 18.0 Å². The van der Waals surface area contributed by atoms with E-state index in [4.69, 9.17) is 9.15 Å². The van der Waals surface area contributed by atoms with Crippen molar-refractivity contribution in [3.8, 4) is 16.9 Å². The summed E-state index contributed by atoms with van der Waals surface area (Å²) in [6.07, 6.45) is 6.66. The number of amides is 1. The van der Waals surface area contributed by atoms with Gasteiger partial charge < -0.3 is 14.5 Å². The number of ether oxygens (including phenoxy) is 1. The summed E-state index contributed by atoms with van der Waals surface area (Å²) in [5.74, 6) is 0.459. The van der Waals surface area contributed by atoms with Crippen LogP contribution in [0.3, 0.4) is 0 Å². The van der Waals surface area contributed by atoms with Crippen molar-refractivity contribution in [3.63, 3.8) is 0 Å². The molecule has 5 rings (SSSR count). The van der Waals surface area contributed by atoms with E-state index in [9.17, 15) is 4.79 Å². The zero-order valence-electron chi connectivity index (χ0n) is 19.3. The molecule has 0 fully saturated rings. The van der Waals surface area contributed by atoms with Gasteiger partial charge in [0.05, 0.1) is 25.3 Å². The van der Waals surface area contributed by atoms with Crippen molar-refractivity contribution in [1.29, 1.82) is 0 Å². The predicted octanol–water partition coefficient (Wildman–Crippen LogP) is 7.01. The minimum atomic E-state index is -0.230. The first kappa shape index (κ1) is 21.5. The van der Waals surface area contributed by atoms with Gasteiger partial charge in [-0.15, -0.1) is 0 Å². The molecule has 0 bridgehead atoms. The van der Waals surface area contributed by atoms with E-state index in [-0.39, 0.29) is 5.91 Å². The zero-order valence-corrected chi connectivity index (χ0v) is 19.3. The highest BCUT2D eigenvalue weighted by Crippen LogP contribution is 2.42. The smallest absolute Gasteiger partial charge is 0.248 e. The molecular formula is C29H24N2O3. The quantitative estimate of drug-likeness (QED) is 0.294. The Bertz CT molecular complexity index is 1540. The molecule has 0 aliphatic heterocycles. The monoisotopic (exact) mass is 448 g/mol. The Morgan fingerprint density at radius 3 is 2.65 bits per heavy atom. The third-order valence-corrected chi connectivity index (χ3v) is 6.03. The largest absolute Gasteiger partial charge is 0.496 e. The second kappa shape index (κ2) is 8.87. The van der Waals surface area contributed by atoms with Gasteiger partial charge in [-0.2, -0.15) is 0 Å². The van der Waals surface area contributed by atoms with Crippen LogP contribution >= 0.6 is 0 Å². The number of nitrogens with zero attached hydrogens (tertiary/aromatic N) is 1. The number of fused-ring (bicyclic) bond motifs is 2. The second-order valence-electron chi connectivity index (χ2n) is 8.19. The highest BCUT2D eigenvalue weighted by atomic mass is 16.5. The molecule has 0 aliphatic rings. The topological polar surface area (TPSA) is 64.4 Å². The van der Waals surface area contributed by atoms with E-state index in [0.717, 1.165) is 44.2 Å². The van der Waals surface area contributed by atoms with Crippen LogP contribution < -0.4 is 10.1 Å². The van der Waals surface area contributed by atoms with Crippen molar-refractivity contribution in [1.82, 2.24) is 4.98 Å². The molecule has 1 amide bonds. The van der Waals surface area contributed by atoms with E-state index in [0.29, 0.717) is 11.4 Å². The molecule has 0 aliphatic carbocycles. The van der Waals surface area contributed by atoms with E-state index in [2.05, 4.69) is 40.6 Å². The Morgan fingerprint density at radius 2 is 1.85 bits per heavy atom. The number of rotatable bonds is 5. The Hall–Kier alpha value is -4.38. The average molecular weight is 449 g/mol. The molecule has 0 atom stereocenters. The summed E-state index contributed by atoms with van der Waals surface area (Å²) in [6.45, 7) is 3.88. The fourth-order valence-electron chi connectivity index (χ4n) is 4.43. The number of aryl methyl sites for hydroxylation is 1. The van der Waals surface area contributed by atoms with Gasteiger partial charge in [0.1, 0.15) is 11.3 Å². The standard InChI is InChI=1S/C29H24N2O3/c1-18(14-27(32)31-21-10-7-13-30-16-21)24-15-25-26(17-34-29(25)19(2)28(24)33-3)23-12-6-9-20-8-4-5-11-22(20)23/h4-17H,1-3H3,(H,31,32)/b18-14+. The van der Waals surface area contributed by atoms with Crippen molar-refractivity contribution < 1.29 is 13.9 Å². The lowest BCUT2D eigenvalue weighted by Crippen LogP contribution is -2.08. The summed E-state index contributed by atoms with van der Waals surface area (Å²) in [4.78, 5) is 16.7. The average Bonchev–Trinajstić information content (AvgIpc) is 3.28. The minimum Gasteiger partial charge on any atom is -0.496 e. The Balaban J connectivity index is 1.63. The lowest BCUT2D eigenvalue weighted by molar-refractivity contribution is -0.111. The highest BCUT2D eigenvalue weighted by molar-refractivity contribution is 6.08. The number of methoxy groups -OCH3 is 1. The maximum absolute atomic E-state index is 12.7. The fraction of sp³-hybridized carbons (Fsp3) is 0.103. The van der Waals surface area contributed by atoms with Crippen LogP contribution in [0.2, 0.25) is 0 Å². The summed E-state index contributed by atoms with van der Waals surface area (Å²) in [5, 5.41) is 6.15. The number of hydrogen-bond acceptors (Lipinski definition) is 4. The van der Waals surface area contributed by atoms with Gasteiger partial charge in [-0.05, 0) is 54.0 Å². The van der Waals surface area contributed by atoms with Crippen LogP contribution in [0.4, 0.5) is 5.69 Å². The van der Waals surface area contributed by atoms with Crippen molar-refractivity contribution in [2.45, 2.75) is 13.8 Å². The predicted molar refractivity (Wildman–Crippen MR) is 137 cm³/mol. The first-order chi connectivity index (χ1) is 16.6. The van der Waals surface area contributed by atoms with E-state index in [1.54, 1.807) is 44.0 Å². The Kier molecular flexibility index (Phi) is 5.60. The molecule has 2 aromatic heterocycles. The van der Waals surface area contributed by atoms with Gasteiger partial charge in [-0.1, -0.05) is 42.5 Å². The molecule has 1 N–H and O–H groups in total. The molecule has 0 unspecified atom stereocenters. The maximum atomic E-state index is 12.7. The number of furan rings is 1. The van der Waals surface area contributed by atoms with Gasteiger partial charge in [0.25, 0.3) is 0 Å². The number of anilines is 1. The van der Waals surface area contributed by atoms with E-state index >= 15 is 0 Å². The van der Waals surface area contributed by atoms with E-state index in [1.165, 1.54) is 5.39 Å². The molecule has 0 radical (unpaired) electrons. The SMILES string of the molecule is COc1c(/C(C)=C/C(=O)Nc2cccnc2)cc2c(-c3cccc4ccccc34)coc2c1C. The van der Waals surface area contributed by atoms with Gasteiger partial charge in [-0.25, -0.2) is 0 Å². The van der Waals surface area contributed by atoms with Crippen LogP contribution in [0.15, 0.2) is 89.8 Å². The number of pyridine rings is 1. The van der Waals surface area contributed by atoms with Gasteiger partial charge in [0.2, 0.25) is 5.91 Å². The Labute approximate surface area is 197 Å². The molecule has 5 nitrogen and oxygen atoms in total. The molecule has 2 heterocycles. The van der Waals surface area contributed by atoms with Crippen LogP contribution in [0.25, 0.3) is 38.4 Å². The van der Waals surface area contributed by atoms with Crippen LogP contribution in [-0.2, 0) is 4.79 Å². The number of aromatic nitrogens is 1. The summed E-state index contributed by atoms with van der Waals surface area (Å²) >= 11 is 0. The third kappa shape index (κ3) is 3.82. The number of carbonyl (C=O) groups excluding carboxylic acids is 1. The van der Waals surface area contributed by atoms with Crippen LogP contribution in [0.5, 0.6) is 5.75 Å². The van der Waals surface area contributed by atoms with E-state index < -0.39 is 0 Å². The normalized spacial score (nSPS) is 11.7. The lowest BCUT2D eigenvalue weighted by Gasteiger charge is -2.14. The van der Waals surface area contributed by atoms with Gasteiger partial charge in [-0.3, -0.25) is 9.78 Å². The minimum absolute atomic E-state index is 0.230. The fourth-order valence-corrected chi connectivity index (χ4v) is 4.43. The number of allylic oxidation sites excluding steroid dienone is 1. The summed E-state index contributed by atoms with van der Waals surface area (Å²) in [5.41, 5.74) is 6.04.